The van der Waals surface area contributed by atoms with Gasteiger partial charge < -0.3 is 19.9 Å². The van der Waals surface area contributed by atoms with E-state index in [2.05, 4.69) is 34.7 Å². The number of carbonyl (C=O) groups excluding carboxylic acids is 2. The van der Waals surface area contributed by atoms with Crippen LogP contribution in [0, 0.1) is 0 Å². The first-order valence-corrected chi connectivity index (χ1v) is 12.4. The highest BCUT2D eigenvalue weighted by Crippen LogP contribution is 2.20. The number of nitrogens with one attached hydrogen (secondary N) is 2. The molecule has 0 saturated heterocycles. The predicted octanol–water partition coefficient (Wildman–Crippen LogP) is 4.73. The molecule has 0 aliphatic carbocycles. The highest BCUT2D eigenvalue weighted by Gasteiger charge is 2.16. The molecular formula is C25H31N5O3S. The largest absolute Gasteiger partial charge is 0.494 e. The summed E-state index contributed by atoms with van der Waals surface area (Å²) in [4.78, 5) is 24.9. The molecule has 0 radical (unpaired) electrons. The molecule has 1 heterocycles. The van der Waals surface area contributed by atoms with Crippen molar-refractivity contribution in [1.82, 2.24) is 14.8 Å². The fraction of sp³-hybridized carbons (Fsp3) is 0.360. The summed E-state index contributed by atoms with van der Waals surface area (Å²) in [6.07, 6.45) is 0.0863. The van der Waals surface area contributed by atoms with Crippen LogP contribution in [0.2, 0.25) is 0 Å². The van der Waals surface area contributed by atoms with Crippen LogP contribution in [0.4, 0.5) is 11.4 Å². The number of hydrogen-bond acceptors (Lipinski definition) is 6. The Labute approximate surface area is 204 Å². The van der Waals surface area contributed by atoms with Crippen LogP contribution in [0.15, 0.2) is 53.7 Å². The van der Waals surface area contributed by atoms with Gasteiger partial charge in [0, 0.05) is 17.9 Å². The standard InChI is InChI=1S/C25H31N5O3S/c1-5-30-22(15-23(31)26-20-11-13-21(14-12-20)33-6-2)28-29-25(30)34-16-24(32)27-19-9-7-18(8-10-19)17(3)4/h7-14,17H,5-6,15-16H2,1-4H3,(H,26,31)(H,27,32). The summed E-state index contributed by atoms with van der Waals surface area (Å²) in [7, 11) is 0. The van der Waals surface area contributed by atoms with E-state index in [0.717, 1.165) is 11.4 Å². The molecule has 3 rings (SSSR count). The van der Waals surface area contributed by atoms with Crippen molar-refractivity contribution in [2.75, 3.05) is 23.0 Å². The number of ether oxygens (including phenoxy) is 1. The Bertz CT molecular complexity index is 1090. The molecule has 0 fully saturated rings. The Morgan fingerprint density at radius 3 is 2.15 bits per heavy atom. The molecule has 2 aromatic carbocycles. The van der Waals surface area contributed by atoms with Crippen molar-refractivity contribution < 1.29 is 14.3 Å². The van der Waals surface area contributed by atoms with Crippen molar-refractivity contribution in [1.29, 1.82) is 0 Å². The molecule has 1 aromatic heterocycles. The molecule has 2 amide bonds. The van der Waals surface area contributed by atoms with Crippen molar-refractivity contribution in [2.24, 2.45) is 0 Å². The van der Waals surface area contributed by atoms with Crippen LogP contribution in [-0.4, -0.2) is 38.9 Å². The van der Waals surface area contributed by atoms with E-state index >= 15 is 0 Å². The number of aromatic nitrogens is 3. The van der Waals surface area contributed by atoms with Crippen molar-refractivity contribution in [3.63, 3.8) is 0 Å². The van der Waals surface area contributed by atoms with Gasteiger partial charge in [0.25, 0.3) is 0 Å². The fourth-order valence-electron chi connectivity index (χ4n) is 3.30. The molecule has 34 heavy (non-hydrogen) atoms. The van der Waals surface area contributed by atoms with Crippen LogP contribution in [-0.2, 0) is 22.6 Å². The molecular weight excluding hydrogens is 450 g/mol. The van der Waals surface area contributed by atoms with Crippen molar-refractivity contribution >= 4 is 35.0 Å². The number of rotatable bonds is 11. The van der Waals surface area contributed by atoms with Crippen molar-refractivity contribution in [2.45, 2.75) is 51.7 Å². The van der Waals surface area contributed by atoms with E-state index in [4.69, 9.17) is 4.74 Å². The van der Waals surface area contributed by atoms with Crippen LogP contribution in [0.1, 0.15) is 45.0 Å². The molecule has 2 N–H and O–H groups in total. The second-order valence-electron chi connectivity index (χ2n) is 7.94. The summed E-state index contributed by atoms with van der Waals surface area (Å²) in [6.45, 7) is 9.32. The molecule has 0 aliphatic heterocycles. The Kier molecular flexibility index (Phi) is 9.09. The lowest BCUT2D eigenvalue weighted by molar-refractivity contribution is -0.116. The van der Waals surface area contributed by atoms with E-state index in [1.807, 2.05) is 54.8 Å². The zero-order chi connectivity index (χ0) is 24.5. The maximum absolute atomic E-state index is 12.5. The van der Waals surface area contributed by atoms with Gasteiger partial charge in [0.15, 0.2) is 5.16 Å². The molecule has 0 saturated carbocycles. The van der Waals surface area contributed by atoms with E-state index in [-0.39, 0.29) is 24.0 Å². The van der Waals surface area contributed by atoms with Gasteiger partial charge in [-0.1, -0.05) is 37.7 Å². The molecule has 0 bridgehead atoms. The molecule has 0 atom stereocenters. The van der Waals surface area contributed by atoms with Gasteiger partial charge in [-0.2, -0.15) is 0 Å². The first-order chi connectivity index (χ1) is 16.4. The molecule has 0 aliphatic rings. The lowest BCUT2D eigenvalue weighted by Gasteiger charge is -2.10. The topological polar surface area (TPSA) is 98.1 Å². The third-order valence-electron chi connectivity index (χ3n) is 5.07. The van der Waals surface area contributed by atoms with Crippen LogP contribution in [0.3, 0.4) is 0 Å². The number of thioether (sulfide) groups is 1. The molecule has 0 unspecified atom stereocenters. The lowest BCUT2D eigenvalue weighted by atomic mass is 10.0. The summed E-state index contributed by atoms with van der Waals surface area (Å²) in [6, 6.07) is 15.1. The van der Waals surface area contributed by atoms with Gasteiger partial charge in [-0.15, -0.1) is 10.2 Å². The fourth-order valence-corrected chi connectivity index (χ4v) is 4.12. The highest BCUT2D eigenvalue weighted by atomic mass is 32.2. The quantitative estimate of drug-likeness (QED) is 0.384. The Hall–Kier alpha value is -3.33. The summed E-state index contributed by atoms with van der Waals surface area (Å²) >= 11 is 1.30. The minimum Gasteiger partial charge on any atom is -0.494 e. The molecule has 180 valence electrons. The number of anilines is 2. The van der Waals surface area contributed by atoms with E-state index in [1.165, 1.54) is 17.3 Å². The zero-order valence-electron chi connectivity index (χ0n) is 20.0. The molecule has 9 heteroatoms. The smallest absolute Gasteiger partial charge is 0.234 e. The normalized spacial score (nSPS) is 10.9. The first-order valence-electron chi connectivity index (χ1n) is 11.4. The third-order valence-corrected chi connectivity index (χ3v) is 6.04. The number of benzene rings is 2. The SMILES string of the molecule is CCOc1ccc(NC(=O)Cc2nnc(SCC(=O)Nc3ccc(C(C)C)cc3)n2CC)cc1. The molecule has 0 spiro atoms. The zero-order valence-corrected chi connectivity index (χ0v) is 20.8. The lowest BCUT2D eigenvalue weighted by Crippen LogP contribution is -2.18. The summed E-state index contributed by atoms with van der Waals surface area (Å²) in [5.74, 6) is 1.64. The summed E-state index contributed by atoms with van der Waals surface area (Å²) in [5, 5.41) is 14.7. The van der Waals surface area contributed by atoms with Gasteiger partial charge >= 0.3 is 0 Å². The number of nitrogens with zero attached hydrogens (tertiary/aromatic N) is 3. The third kappa shape index (κ3) is 7.08. The minimum absolute atomic E-state index is 0.0863. The minimum atomic E-state index is -0.189. The summed E-state index contributed by atoms with van der Waals surface area (Å²) < 4.78 is 7.27. The van der Waals surface area contributed by atoms with Gasteiger partial charge in [-0.05, 0) is 61.7 Å². The Morgan fingerprint density at radius 1 is 0.941 bits per heavy atom. The van der Waals surface area contributed by atoms with Crippen LogP contribution in [0.25, 0.3) is 0 Å². The monoisotopic (exact) mass is 481 g/mol. The Balaban J connectivity index is 1.53. The van der Waals surface area contributed by atoms with E-state index in [0.29, 0.717) is 35.7 Å². The van der Waals surface area contributed by atoms with Crippen LogP contribution in [0.5, 0.6) is 5.75 Å². The maximum Gasteiger partial charge on any atom is 0.234 e. The van der Waals surface area contributed by atoms with Gasteiger partial charge in [-0.25, -0.2) is 0 Å². The molecule has 3 aromatic rings. The van der Waals surface area contributed by atoms with E-state index < -0.39 is 0 Å². The van der Waals surface area contributed by atoms with Crippen molar-refractivity contribution in [3.8, 4) is 5.75 Å². The predicted molar refractivity (Wildman–Crippen MR) is 136 cm³/mol. The average molecular weight is 482 g/mol. The first kappa shape index (κ1) is 25.3. The average Bonchev–Trinajstić information content (AvgIpc) is 3.20. The van der Waals surface area contributed by atoms with E-state index in [1.54, 1.807) is 12.1 Å². The van der Waals surface area contributed by atoms with Gasteiger partial charge in [0.05, 0.1) is 18.8 Å². The van der Waals surface area contributed by atoms with Gasteiger partial charge in [-0.3, -0.25) is 9.59 Å². The summed E-state index contributed by atoms with van der Waals surface area (Å²) in [5.41, 5.74) is 2.67. The Morgan fingerprint density at radius 2 is 1.56 bits per heavy atom. The second kappa shape index (κ2) is 12.2. The van der Waals surface area contributed by atoms with Gasteiger partial charge in [0.1, 0.15) is 11.6 Å². The molecule has 8 nitrogen and oxygen atoms in total. The number of amides is 2. The highest BCUT2D eigenvalue weighted by molar-refractivity contribution is 7.99. The maximum atomic E-state index is 12.5. The van der Waals surface area contributed by atoms with E-state index in [9.17, 15) is 9.59 Å². The number of hydrogen-bond donors (Lipinski definition) is 2. The second-order valence-corrected chi connectivity index (χ2v) is 8.88. The van der Waals surface area contributed by atoms with Gasteiger partial charge in [0.2, 0.25) is 11.8 Å². The van der Waals surface area contributed by atoms with Crippen LogP contribution >= 0.6 is 11.8 Å². The van der Waals surface area contributed by atoms with Crippen LogP contribution < -0.4 is 15.4 Å². The van der Waals surface area contributed by atoms with Crippen molar-refractivity contribution in [3.05, 3.63) is 59.9 Å². The number of carbonyl (C=O) groups is 2.